The van der Waals surface area contributed by atoms with Gasteiger partial charge in [0.05, 0.1) is 11.7 Å². The van der Waals surface area contributed by atoms with Gasteiger partial charge in [0, 0.05) is 17.1 Å². The Kier molecular flexibility index (Phi) is 1.94. The molecule has 84 valence electrons. The van der Waals surface area contributed by atoms with Crippen molar-refractivity contribution >= 4 is 22.7 Å². The molecule has 1 aromatic carbocycles. The van der Waals surface area contributed by atoms with Crippen LogP contribution >= 0.6 is 0 Å². The summed E-state index contributed by atoms with van der Waals surface area (Å²) in [5, 5.41) is 7.91. The average molecular weight is 226 g/mol. The third-order valence-corrected chi connectivity index (χ3v) is 2.59. The molecule has 0 saturated heterocycles. The molecule has 5 N–H and O–H groups in total. The van der Waals surface area contributed by atoms with Crippen molar-refractivity contribution in [2.75, 3.05) is 11.5 Å². The molecule has 0 aliphatic rings. The number of H-pyrrole nitrogens is 1. The lowest BCUT2D eigenvalue weighted by Crippen LogP contribution is -2.00. The largest absolute Gasteiger partial charge is 0.383 e. The first-order valence-electron chi connectivity index (χ1n) is 5.05. The number of benzene rings is 1. The van der Waals surface area contributed by atoms with Crippen LogP contribution in [0.4, 0.5) is 11.8 Å². The Labute approximate surface area is 96.7 Å². The Morgan fingerprint density at radius 1 is 1.12 bits per heavy atom. The van der Waals surface area contributed by atoms with Gasteiger partial charge in [-0.15, -0.1) is 0 Å². The second-order valence-electron chi connectivity index (χ2n) is 3.70. The highest BCUT2D eigenvalue weighted by molar-refractivity contribution is 5.85. The van der Waals surface area contributed by atoms with Gasteiger partial charge in [-0.2, -0.15) is 10.1 Å². The number of hydrogen-bond acceptors (Lipinski definition) is 5. The average Bonchev–Trinajstić information content (AvgIpc) is 2.75. The number of aromatic amines is 1. The molecule has 0 aliphatic heterocycles. The Bertz CT molecular complexity index is 687. The minimum Gasteiger partial charge on any atom is -0.383 e. The summed E-state index contributed by atoms with van der Waals surface area (Å²) in [5.41, 5.74) is 13.9. The molecule has 0 spiro atoms. The molecule has 0 saturated carbocycles. The highest BCUT2D eigenvalue weighted by Gasteiger charge is 2.06. The predicted molar refractivity (Wildman–Crippen MR) is 65.9 cm³/mol. The van der Waals surface area contributed by atoms with Crippen LogP contribution in [-0.4, -0.2) is 20.2 Å². The summed E-state index contributed by atoms with van der Waals surface area (Å²) in [7, 11) is 0. The topological polar surface area (TPSA) is 106 Å². The highest BCUT2D eigenvalue weighted by atomic mass is 15.1. The Morgan fingerprint density at radius 2 is 2.00 bits per heavy atom. The van der Waals surface area contributed by atoms with Crippen molar-refractivity contribution in [2.45, 2.75) is 0 Å². The minimum atomic E-state index is 0.175. The molecule has 2 aromatic heterocycles. The maximum absolute atomic E-state index is 5.82. The van der Waals surface area contributed by atoms with Gasteiger partial charge in [0.15, 0.2) is 0 Å². The van der Waals surface area contributed by atoms with E-state index >= 15 is 0 Å². The summed E-state index contributed by atoms with van der Waals surface area (Å²) in [5.74, 6) is 0.547. The minimum absolute atomic E-state index is 0.175. The molecule has 6 heteroatoms. The van der Waals surface area contributed by atoms with Gasteiger partial charge in [0.2, 0.25) is 5.95 Å². The molecule has 0 radical (unpaired) electrons. The molecule has 17 heavy (non-hydrogen) atoms. The van der Waals surface area contributed by atoms with E-state index in [1.807, 2.05) is 18.2 Å². The van der Waals surface area contributed by atoms with E-state index in [1.165, 1.54) is 0 Å². The van der Waals surface area contributed by atoms with Crippen LogP contribution in [0.5, 0.6) is 0 Å². The van der Waals surface area contributed by atoms with Crippen LogP contribution in [0.1, 0.15) is 0 Å². The standard InChI is InChI=1S/C11H10N6/c12-10-8(5-14-11(13)16-10)6-1-2-7-4-15-17-9(7)3-6/h1-5H,(H,15,17)(H4,12,13,14,16). The lowest BCUT2D eigenvalue weighted by atomic mass is 10.1. The number of aromatic nitrogens is 4. The number of nitrogens with two attached hydrogens (primary N) is 2. The van der Waals surface area contributed by atoms with Gasteiger partial charge in [-0.05, 0) is 11.6 Å². The first kappa shape index (κ1) is 9.59. The first-order valence-corrected chi connectivity index (χ1v) is 5.05. The fourth-order valence-corrected chi connectivity index (χ4v) is 1.74. The van der Waals surface area contributed by atoms with Gasteiger partial charge in [0.25, 0.3) is 0 Å². The summed E-state index contributed by atoms with van der Waals surface area (Å²) in [6, 6.07) is 5.86. The van der Waals surface area contributed by atoms with Crippen molar-refractivity contribution < 1.29 is 0 Å². The zero-order valence-electron chi connectivity index (χ0n) is 8.88. The highest BCUT2D eigenvalue weighted by Crippen LogP contribution is 2.26. The van der Waals surface area contributed by atoms with Crippen LogP contribution in [0.3, 0.4) is 0 Å². The summed E-state index contributed by atoms with van der Waals surface area (Å²) in [6.07, 6.45) is 3.39. The van der Waals surface area contributed by atoms with Gasteiger partial charge in [-0.25, -0.2) is 4.98 Å². The molecule has 0 bridgehead atoms. The second-order valence-corrected chi connectivity index (χ2v) is 3.70. The van der Waals surface area contributed by atoms with E-state index < -0.39 is 0 Å². The van der Waals surface area contributed by atoms with Gasteiger partial charge < -0.3 is 11.5 Å². The number of anilines is 2. The monoisotopic (exact) mass is 226 g/mol. The van der Waals surface area contributed by atoms with Crippen molar-refractivity contribution in [2.24, 2.45) is 0 Å². The molecule has 0 unspecified atom stereocenters. The van der Waals surface area contributed by atoms with Crippen LogP contribution in [0.15, 0.2) is 30.6 Å². The van der Waals surface area contributed by atoms with E-state index in [1.54, 1.807) is 12.4 Å². The molecule has 3 aromatic rings. The maximum Gasteiger partial charge on any atom is 0.221 e. The van der Waals surface area contributed by atoms with E-state index in [4.69, 9.17) is 11.5 Å². The summed E-state index contributed by atoms with van der Waals surface area (Å²) >= 11 is 0. The lowest BCUT2D eigenvalue weighted by molar-refractivity contribution is 1.12. The summed E-state index contributed by atoms with van der Waals surface area (Å²) < 4.78 is 0. The molecule has 0 aliphatic carbocycles. The van der Waals surface area contributed by atoms with Crippen molar-refractivity contribution in [1.82, 2.24) is 20.2 Å². The van der Waals surface area contributed by atoms with Crippen LogP contribution in [0, 0.1) is 0 Å². The van der Waals surface area contributed by atoms with Crippen LogP contribution in [0.2, 0.25) is 0 Å². The van der Waals surface area contributed by atoms with Crippen molar-refractivity contribution in [3.05, 3.63) is 30.6 Å². The molecule has 3 rings (SSSR count). The van der Waals surface area contributed by atoms with Gasteiger partial charge in [-0.3, -0.25) is 5.10 Å². The Morgan fingerprint density at radius 3 is 2.82 bits per heavy atom. The third kappa shape index (κ3) is 1.55. The molecular weight excluding hydrogens is 216 g/mol. The second kappa shape index (κ2) is 3.44. The predicted octanol–water partition coefficient (Wildman–Crippen LogP) is 1.18. The van der Waals surface area contributed by atoms with E-state index in [0.717, 1.165) is 22.0 Å². The number of rotatable bonds is 1. The molecule has 0 amide bonds. The fourth-order valence-electron chi connectivity index (χ4n) is 1.74. The van der Waals surface area contributed by atoms with Crippen LogP contribution < -0.4 is 11.5 Å². The van der Waals surface area contributed by atoms with Crippen LogP contribution in [0.25, 0.3) is 22.0 Å². The summed E-state index contributed by atoms with van der Waals surface area (Å²) in [6.45, 7) is 0. The zero-order valence-corrected chi connectivity index (χ0v) is 8.88. The smallest absolute Gasteiger partial charge is 0.221 e. The maximum atomic E-state index is 5.82. The van der Waals surface area contributed by atoms with E-state index in [0.29, 0.717) is 5.82 Å². The van der Waals surface area contributed by atoms with E-state index in [-0.39, 0.29) is 5.95 Å². The van der Waals surface area contributed by atoms with Crippen molar-refractivity contribution in [1.29, 1.82) is 0 Å². The molecular formula is C11H10N6. The van der Waals surface area contributed by atoms with Crippen LogP contribution in [-0.2, 0) is 0 Å². The lowest BCUT2D eigenvalue weighted by Gasteiger charge is -2.04. The van der Waals surface area contributed by atoms with Gasteiger partial charge in [-0.1, -0.05) is 12.1 Å². The molecule has 0 atom stereocenters. The first-order chi connectivity index (χ1) is 8.24. The number of fused-ring (bicyclic) bond motifs is 1. The van der Waals surface area contributed by atoms with Crippen molar-refractivity contribution in [3.8, 4) is 11.1 Å². The fraction of sp³-hybridized carbons (Fsp3) is 0. The number of nitrogens with one attached hydrogen (secondary N) is 1. The number of hydrogen-bond donors (Lipinski definition) is 3. The quantitative estimate of drug-likeness (QED) is 0.577. The SMILES string of the molecule is Nc1ncc(-c2ccc3cn[nH]c3c2)c(N)n1. The molecule has 2 heterocycles. The number of nitrogens with zero attached hydrogens (tertiary/aromatic N) is 3. The Balaban J connectivity index is 2.19. The molecule has 0 fully saturated rings. The Hall–Kier alpha value is -2.63. The van der Waals surface area contributed by atoms with Gasteiger partial charge >= 0.3 is 0 Å². The van der Waals surface area contributed by atoms with E-state index in [9.17, 15) is 0 Å². The van der Waals surface area contributed by atoms with E-state index in [2.05, 4.69) is 20.2 Å². The molecule has 6 nitrogen and oxygen atoms in total. The third-order valence-electron chi connectivity index (χ3n) is 2.59. The normalized spacial score (nSPS) is 10.8. The van der Waals surface area contributed by atoms with Gasteiger partial charge in [0.1, 0.15) is 5.82 Å². The zero-order chi connectivity index (χ0) is 11.8. The van der Waals surface area contributed by atoms with Crippen molar-refractivity contribution in [3.63, 3.8) is 0 Å². The number of nitrogen functional groups attached to an aromatic ring is 2. The summed E-state index contributed by atoms with van der Waals surface area (Å²) in [4.78, 5) is 7.88.